The summed E-state index contributed by atoms with van der Waals surface area (Å²) in [6, 6.07) is 6.54. The van der Waals surface area contributed by atoms with Crippen molar-refractivity contribution in [3.8, 4) is 0 Å². The van der Waals surface area contributed by atoms with E-state index in [1.165, 1.54) is 22.9 Å². The highest BCUT2D eigenvalue weighted by molar-refractivity contribution is 5.79. The van der Waals surface area contributed by atoms with Crippen molar-refractivity contribution in [3.63, 3.8) is 0 Å². The van der Waals surface area contributed by atoms with E-state index in [4.69, 9.17) is 0 Å². The minimum Gasteiger partial charge on any atom is -0.316 e. The monoisotopic (exact) mass is 215 g/mol. The van der Waals surface area contributed by atoms with Crippen LogP contribution in [0.25, 0.3) is 10.9 Å². The van der Waals surface area contributed by atoms with Crippen LogP contribution < -0.4 is 5.32 Å². The molecule has 3 rings (SSSR count). The first-order valence-corrected chi connectivity index (χ1v) is 5.96. The third kappa shape index (κ3) is 1.71. The average Bonchev–Trinajstić information content (AvgIpc) is 2.89. The van der Waals surface area contributed by atoms with E-state index < -0.39 is 0 Å². The van der Waals surface area contributed by atoms with Crippen LogP contribution in [0.1, 0.15) is 12.0 Å². The van der Waals surface area contributed by atoms with E-state index in [2.05, 4.69) is 40.2 Å². The lowest BCUT2D eigenvalue weighted by molar-refractivity contribution is 0.459. The Kier molecular flexibility index (Phi) is 2.40. The topological polar surface area (TPSA) is 29.9 Å². The molecular weight excluding hydrogens is 198 g/mol. The van der Waals surface area contributed by atoms with Crippen molar-refractivity contribution in [2.24, 2.45) is 5.92 Å². The lowest BCUT2D eigenvalue weighted by atomic mass is 10.1. The van der Waals surface area contributed by atoms with Crippen LogP contribution in [0.5, 0.6) is 0 Å². The molecule has 1 aliphatic heterocycles. The first-order chi connectivity index (χ1) is 7.83. The molecule has 1 aromatic carbocycles. The third-order valence-corrected chi connectivity index (χ3v) is 3.39. The predicted octanol–water partition coefficient (Wildman–Crippen LogP) is 1.95. The summed E-state index contributed by atoms with van der Waals surface area (Å²) in [5.74, 6) is 0.740. The molecule has 0 bridgehead atoms. The van der Waals surface area contributed by atoms with E-state index in [0.717, 1.165) is 25.6 Å². The summed E-state index contributed by atoms with van der Waals surface area (Å²) < 4.78 is 2.15. The largest absolute Gasteiger partial charge is 0.316 e. The maximum Gasteiger partial charge on any atom is 0.0682 e. The van der Waals surface area contributed by atoms with Gasteiger partial charge in [-0.15, -0.1) is 0 Å². The second-order valence-electron chi connectivity index (χ2n) is 4.75. The van der Waals surface area contributed by atoms with Gasteiger partial charge < -0.3 is 5.32 Å². The Balaban J connectivity index is 1.91. The average molecular weight is 215 g/mol. The number of aryl methyl sites for hydroxylation is 1. The van der Waals surface area contributed by atoms with Crippen molar-refractivity contribution in [3.05, 3.63) is 30.0 Å². The van der Waals surface area contributed by atoms with Gasteiger partial charge in [-0.05, 0) is 44.5 Å². The van der Waals surface area contributed by atoms with Crippen molar-refractivity contribution < 1.29 is 0 Å². The van der Waals surface area contributed by atoms with Crippen LogP contribution in [-0.2, 0) is 6.54 Å². The molecule has 1 fully saturated rings. The lowest BCUT2D eigenvalue weighted by Crippen LogP contribution is -2.15. The summed E-state index contributed by atoms with van der Waals surface area (Å²) >= 11 is 0. The fourth-order valence-electron chi connectivity index (χ4n) is 2.47. The number of nitrogens with zero attached hydrogens (tertiary/aromatic N) is 2. The van der Waals surface area contributed by atoms with Gasteiger partial charge in [-0.1, -0.05) is 11.6 Å². The van der Waals surface area contributed by atoms with Gasteiger partial charge in [0.2, 0.25) is 0 Å². The molecule has 0 amide bonds. The van der Waals surface area contributed by atoms with Gasteiger partial charge in [0.25, 0.3) is 0 Å². The van der Waals surface area contributed by atoms with E-state index >= 15 is 0 Å². The first-order valence-electron chi connectivity index (χ1n) is 5.96. The molecule has 84 valence electrons. The Hall–Kier alpha value is -1.35. The van der Waals surface area contributed by atoms with Crippen LogP contribution in [0.3, 0.4) is 0 Å². The van der Waals surface area contributed by atoms with Crippen LogP contribution in [0.2, 0.25) is 0 Å². The highest BCUT2D eigenvalue weighted by Crippen LogP contribution is 2.18. The summed E-state index contributed by atoms with van der Waals surface area (Å²) in [6.45, 7) is 5.45. The van der Waals surface area contributed by atoms with Gasteiger partial charge in [-0.3, -0.25) is 4.68 Å². The molecule has 0 aliphatic carbocycles. The molecule has 0 spiro atoms. The molecule has 0 radical (unpaired) electrons. The zero-order valence-corrected chi connectivity index (χ0v) is 9.61. The quantitative estimate of drug-likeness (QED) is 0.830. The Morgan fingerprint density at radius 3 is 3.25 bits per heavy atom. The molecule has 2 aromatic rings. The van der Waals surface area contributed by atoms with Gasteiger partial charge in [-0.25, -0.2) is 0 Å². The zero-order chi connectivity index (χ0) is 11.0. The number of hydrogen-bond donors (Lipinski definition) is 1. The fourth-order valence-corrected chi connectivity index (χ4v) is 2.47. The highest BCUT2D eigenvalue weighted by Gasteiger charge is 2.16. The van der Waals surface area contributed by atoms with Gasteiger partial charge in [0.15, 0.2) is 0 Å². The van der Waals surface area contributed by atoms with Gasteiger partial charge in [0.05, 0.1) is 11.7 Å². The van der Waals surface area contributed by atoms with Crippen molar-refractivity contribution in [1.82, 2.24) is 15.1 Å². The Bertz CT molecular complexity index is 495. The van der Waals surface area contributed by atoms with E-state index in [1.807, 2.05) is 6.20 Å². The molecule has 3 heteroatoms. The molecule has 1 atom stereocenters. The summed E-state index contributed by atoms with van der Waals surface area (Å²) in [5.41, 5.74) is 2.56. The first kappa shape index (κ1) is 9.85. The normalized spacial score (nSPS) is 20.7. The Morgan fingerprint density at radius 1 is 1.50 bits per heavy atom. The van der Waals surface area contributed by atoms with E-state index in [0.29, 0.717) is 0 Å². The number of benzene rings is 1. The number of nitrogens with one attached hydrogen (secondary N) is 1. The highest BCUT2D eigenvalue weighted by atomic mass is 15.3. The summed E-state index contributed by atoms with van der Waals surface area (Å²) in [7, 11) is 0. The molecule has 3 nitrogen and oxygen atoms in total. The van der Waals surface area contributed by atoms with Crippen LogP contribution in [-0.4, -0.2) is 22.9 Å². The van der Waals surface area contributed by atoms with E-state index in [9.17, 15) is 0 Å². The predicted molar refractivity (Wildman–Crippen MR) is 65.4 cm³/mol. The minimum atomic E-state index is 0.740. The Morgan fingerprint density at radius 2 is 2.44 bits per heavy atom. The molecule has 2 heterocycles. The standard InChI is InChI=1S/C13H17N3/c1-10-2-3-13-12(6-10)8-15-16(13)9-11-4-5-14-7-11/h2-3,6,8,11,14H,4-5,7,9H2,1H3. The van der Waals surface area contributed by atoms with Crippen LogP contribution in [0, 0.1) is 12.8 Å². The van der Waals surface area contributed by atoms with Crippen LogP contribution >= 0.6 is 0 Å². The number of rotatable bonds is 2. The molecule has 1 aromatic heterocycles. The van der Waals surface area contributed by atoms with Crippen LogP contribution in [0.4, 0.5) is 0 Å². The van der Waals surface area contributed by atoms with Crippen molar-refractivity contribution >= 4 is 10.9 Å². The van der Waals surface area contributed by atoms with Crippen LogP contribution in [0.15, 0.2) is 24.4 Å². The SMILES string of the molecule is Cc1ccc2c(cnn2CC2CCNC2)c1. The van der Waals surface area contributed by atoms with E-state index in [-0.39, 0.29) is 0 Å². The second-order valence-corrected chi connectivity index (χ2v) is 4.75. The second kappa shape index (κ2) is 3.91. The van der Waals surface area contributed by atoms with E-state index in [1.54, 1.807) is 0 Å². The molecule has 1 N–H and O–H groups in total. The van der Waals surface area contributed by atoms with Gasteiger partial charge >= 0.3 is 0 Å². The van der Waals surface area contributed by atoms with Gasteiger partial charge in [0, 0.05) is 11.9 Å². The molecule has 1 aliphatic rings. The van der Waals surface area contributed by atoms with Crippen molar-refractivity contribution in [1.29, 1.82) is 0 Å². The number of aromatic nitrogens is 2. The zero-order valence-electron chi connectivity index (χ0n) is 9.61. The number of fused-ring (bicyclic) bond motifs is 1. The van der Waals surface area contributed by atoms with Crippen molar-refractivity contribution in [2.45, 2.75) is 19.9 Å². The Labute approximate surface area is 95.5 Å². The number of hydrogen-bond acceptors (Lipinski definition) is 2. The fraction of sp³-hybridized carbons (Fsp3) is 0.462. The molecular formula is C13H17N3. The summed E-state index contributed by atoms with van der Waals surface area (Å²) in [4.78, 5) is 0. The third-order valence-electron chi connectivity index (χ3n) is 3.39. The lowest BCUT2D eigenvalue weighted by Gasteiger charge is -2.09. The van der Waals surface area contributed by atoms with Gasteiger partial charge in [-0.2, -0.15) is 5.10 Å². The maximum absolute atomic E-state index is 4.49. The molecule has 16 heavy (non-hydrogen) atoms. The van der Waals surface area contributed by atoms with Gasteiger partial charge in [0.1, 0.15) is 0 Å². The minimum absolute atomic E-state index is 0.740. The van der Waals surface area contributed by atoms with Crippen molar-refractivity contribution in [2.75, 3.05) is 13.1 Å². The molecule has 1 saturated heterocycles. The smallest absolute Gasteiger partial charge is 0.0682 e. The molecule has 1 unspecified atom stereocenters. The molecule has 0 saturated carbocycles. The summed E-state index contributed by atoms with van der Waals surface area (Å²) in [6.07, 6.45) is 3.25. The summed E-state index contributed by atoms with van der Waals surface area (Å²) in [5, 5.41) is 9.15. The maximum atomic E-state index is 4.49.